The van der Waals surface area contributed by atoms with E-state index in [1.807, 2.05) is 0 Å². The van der Waals surface area contributed by atoms with Crippen LogP contribution in [0.25, 0.3) is 0 Å². The van der Waals surface area contributed by atoms with Gasteiger partial charge in [0.25, 0.3) is 5.69 Å². The molecule has 0 bridgehead atoms. The third kappa shape index (κ3) is 3.43. The molecule has 0 saturated heterocycles. The fourth-order valence-corrected chi connectivity index (χ4v) is 1.11. The second kappa shape index (κ2) is 4.61. The second-order valence-electron chi connectivity index (χ2n) is 3.30. The van der Waals surface area contributed by atoms with Crippen LogP contribution in [-0.4, -0.2) is 22.7 Å². The molecule has 1 aromatic carbocycles. The third-order valence-corrected chi connectivity index (χ3v) is 1.75. The van der Waals surface area contributed by atoms with E-state index in [0.29, 0.717) is 17.9 Å². The van der Waals surface area contributed by atoms with Crippen molar-refractivity contribution in [2.75, 3.05) is 17.6 Å². The number of nitro groups is 1. The minimum Gasteiger partial charge on any atom is -0.398 e. The molecule has 0 saturated carbocycles. The van der Waals surface area contributed by atoms with Crippen molar-refractivity contribution in [3.8, 4) is 0 Å². The van der Waals surface area contributed by atoms with Crippen LogP contribution in [0.15, 0.2) is 18.2 Å². The maximum Gasteiger partial charge on any atom is 0.273 e. The zero-order chi connectivity index (χ0) is 11.4. The first-order valence-electron chi connectivity index (χ1n) is 4.46. The number of rotatable bonds is 4. The van der Waals surface area contributed by atoms with Crippen LogP contribution in [0.5, 0.6) is 0 Å². The normalized spacial score (nSPS) is 12.1. The van der Waals surface area contributed by atoms with Crippen molar-refractivity contribution < 1.29 is 10.0 Å². The van der Waals surface area contributed by atoms with Crippen molar-refractivity contribution in [2.24, 2.45) is 0 Å². The molecule has 0 aliphatic rings. The van der Waals surface area contributed by atoms with Gasteiger partial charge >= 0.3 is 0 Å². The van der Waals surface area contributed by atoms with E-state index < -0.39 is 11.0 Å². The van der Waals surface area contributed by atoms with Gasteiger partial charge < -0.3 is 16.2 Å². The van der Waals surface area contributed by atoms with E-state index >= 15 is 0 Å². The Labute approximate surface area is 86.9 Å². The molecule has 1 atom stereocenters. The Bertz CT molecular complexity index is 366. The van der Waals surface area contributed by atoms with Crippen LogP contribution in [0.4, 0.5) is 17.1 Å². The first-order valence-corrected chi connectivity index (χ1v) is 4.46. The Balaban J connectivity index is 2.84. The lowest BCUT2D eigenvalue weighted by Crippen LogP contribution is -2.15. The summed E-state index contributed by atoms with van der Waals surface area (Å²) in [4.78, 5) is 10.0. The Morgan fingerprint density at radius 1 is 1.60 bits per heavy atom. The standard InChI is InChI=1S/C9H13N3O3/c1-6(13)5-11-8-2-7(10)3-9(4-8)12(14)15/h2-4,6,11,13H,5,10H2,1H3. The van der Waals surface area contributed by atoms with Crippen LogP contribution in [0.2, 0.25) is 0 Å². The molecule has 15 heavy (non-hydrogen) atoms. The van der Waals surface area contributed by atoms with E-state index in [9.17, 15) is 10.1 Å². The van der Waals surface area contributed by atoms with Crippen LogP contribution < -0.4 is 11.1 Å². The maximum absolute atomic E-state index is 10.5. The summed E-state index contributed by atoms with van der Waals surface area (Å²) < 4.78 is 0. The summed E-state index contributed by atoms with van der Waals surface area (Å²) in [5.41, 5.74) is 6.28. The maximum atomic E-state index is 10.5. The molecule has 82 valence electrons. The predicted molar refractivity (Wildman–Crippen MR) is 57.7 cm³/mol. The highest BCUT2D eigenvalue weighted by Gasteiger charge is 2.08. The lowest BCUT2D eigenvalue weighted by Gasteiger charge is -2.08. The number of anilines is 2. The van der Waals surface area contributed by atoms with Gasteiger partial charge in [-0.3, -0.25) is 10.1 Å². The van der Waals surface area contributed by atoms with Crippen LogP contribution in [0.3, 0.4) is 0 Å². The number of hydrogen-bond donors (Lipinski definition) is 3. The molecule has 0 amide bonds. The van der Waals surface area contributed by atoms with Gasteiger partial charge in [0.1, 0.15) is 0 Å². The summed E-state index contributed by atoms with van der Waals surface area (Å²) >= 11 is 0. The zero-order valence-electron chi connectivity index (χ0n) is 8.30. The Hall–Kier alpha value is -1.82. The zero-order valence-corrected chi connectivity index (χ0v) is 8.30. The minimum atomic E-state index is -0.523. The van der Waals surface area contributed by atoms with Crippen molar-refractivity contribution >= 4 is 17.1 Å². The number of aliphatic hydroxyl groups is 1. The molecule has 0 fully saturated rings. The SMILES string of the molecule is CC(O)CNc1cc(N)cc([N+](=O)[O-])c1. The largest absolute Gasteiger partial charge is 0.398 e. The van der Waals surface area contributed by atoms with Crippen LogP contribution >= 0.6 is 0 Å². The fraction of sp³-hybridized carbons (Fsp3) is 0.333. The van der Waals surface area contributed by atoms with Gasteiger partial charge in [0, 0.05) is 30.1 Å². The Kier molecular flexibility index (Phi) is 3.46. The van der Waals surface area contributed by atoms with E-state index in [-0.39, 0.29) is 5.69 Å². The molecule has 1 unspecified atom stereocenters. The first kappa shape index (κ1) is 11.3. The highest BCUT2D eigenvalue weighted by atomic mass is 16.6. The molecule has 4 N–H and O–H groups in total. The molecule has 0 heterocycles. The molecular weight excluding hydrogens is 198 g/mol. The molecule has 0 spiro atoms. The Morgan fingerprint density at radius 2 is 2.27 bits per heavy atom. The summed E-state index contributed by atoms with van der Waals surface area (Å²) in [7, 11) is 0. The highest BCUT2D eigenvalue weighted by Crippen LogP contribution is 2.22. The van der Waals surface area contributed by atoms with Gasteiger partial charge in [-0.1, -0.05) is 0 Å². The summed E-state index contributed by atoms with van der Waals surface area (Å²) in [6, 6.07) is 4.24. The summed E-state index contributed by atoms with van der Waals surface area (Å²) in [5, 5.41) is 22.4. The molecule has 6 heteroatoms. The number of aliphatic hydroxyl groups excluding tert-OH is 1. The summed E-state index contributed by atoms with van der Waals surface area (Å²) in [5.74, 6) is 0. The second-order valence-corrected chi connectivity index (χ2v) is 3.30. The molecule has 1 rings (SSSR count). The van der Waals surface area contributed by atoms with Crippen LogP contribution in [0, 0.1) is 10.1 Å². The fourth-order valence-electron chi connectivity index (χ4n) is 1.11. The van der Waals surface area contributed by atoms with E-state index in [2.05, 4.69) is 5.32 Å². The summed E-state index contributed by atoms with van der Waals surface area (Å²) in [6.45, 7) is 1.94. The molecule has 0 aliphatic heterocycles. The number of nitrogens with one attached hydrogen (secondary N) is 1. The average Bonchev–Trinajstić information content (AvgIpc) is 2.13. The summed E-state index contributed by atoms with van der Waals surface area (Å²) in [6.07, 6.45) is -0.523. The Morgan fingerprint density at radius 3 is 2.80 bits per heavy atom. The van der Waals surface area contributed by atoms with Crippen molar-refractivity contribution in [3.05, 3.63) is 28.3 Å². The van der Waals surface area contributed by atoms with Gasteiger partial charge in [-0.2, -0.15) is 0 Å². The van der Waals surface area contributed by atoms with Gasteiger partial charge in [-0.05, 0) is 13.0 Å². The molecule has 6 nitrogen and oxygen atoms in total. The molecule has 0 aliphatic carbocycles. The number of nitro benzene ring substituents is 1. The van der Waals surface area contributed by atoms with Gasteiger partial charge in [0.05, 0.1) is 11.0 Å². The number of hydrogen-bond acceptors (Lipinski definition) is 5. The smallest absolute Gasteiger partial charge is 0.273 e. The first-order chi connectivity index (χ1) is 6.99. The van der Waals surface area contributed by atoms with Gasteiger partial charge in [-0.25, -0.2) is 0 Å². The monoisotopic (exact) mass is 211 g/mol. The van der Waals surface area contributed by atoms with Crippen molar-refractivity contribution in [1.82, 2.24) is 0 Å². The predicted octanol–water partition coefficient (Wildman–Crippen LogP) is 0.970. The van der Waals surface area contributed by atoms with Gasteiger partial charge in [-0.15, -0.1) is 0 Å². The number of nitrogens with two attached hydrogens (primary N) is 1. The number of nitrogen functional groups attached to an aromatic ring is 1. The molecule has 1 aromatic rings. The van der Waals surface area contributed by atoms with Gasteiger partial charge in [0.2, 0.25) is 0 Å². The number of benzene rings is 1. The van der Waals surface area contributed by atoms with Crippen molar-refractivity contribution in [1.29, 1.82) is 0 Å². The van der Waals surface area contributed by atoms with Crippen LogP contribution in [-0.2, 0) is 0 Å². The topological polar surface area (TPSA) is 101 Å². The quantitative estimate of drug-likeness (QED) is 0.391. The van der Waals surface area contributed by atoms with E-state index in [1.165, 1.54) is 12.1 Å². The number of non-ortho nitro benzene ring substituents is 1. The highest BCUT2D eigenvalue weighted by molar-refractivity contribution is 5.61. The van der Waals surface area contributed by atoms with Gasteiger partial charge in [0.15, 0.2) is 0 Å². The van der Waals surface area contributed by atoms with Crippen LogP contribution in [0.1, 0.15) is 6.92 Å². The van der Waals surface area contributed by atoms with Crippen molar-refractivity contribution in [3.63, 3.8) is 0 Å². The number of nitrogens with zero attached hydrogens (tertiary/aromatic N) is 1. The minimum absolute atomic E-state index is 0.0666. The average molecular weight is 211 g/mol. The van der Waals surface area contributed by atoms with E-state index in [4.69, 9.17) is 10.8 Å². The third-order valence-electron chi connectivity index (χ3n) is 1.75. The molecular formula is C9H13N3O3. The lowest BCUT2D eigenvalue weighted by atomic mass is 10.2. The lowest BCUT2D eigenvalue weighted by molar-refractivity contribution is -0.384. The molecule has 0 aromatic heterocycles. The van der Waals surface area contributed by atoms with Crippen molar-refractivity contribution in [2.45, 2.75) is 13.0 Å². The van der Waals surface area contributed by atoms with E-state index in [1.54, 1.807) is 13.0 Å². The van der Waals surface area contributed by atoms with E-state index in [0.717, 1.165) is 0 Å². The molecule has 0 radical (unpaired) electrons.